The number of nitriles is 1. The van der Waals surface area contributed by atoms with Crippen molar-refractivity contribution < 1.29 is 28.7 Å². The van der Waals surface area contributed by atoms with E-state index in [1.54, 1.807) is 30.3 Å². The maximum atomic E-state index is 13.6. The van der Waals surface area contributed by atoms with Gasteiger partial charge in [0.1, 0.15) is 24.0 Å². The summed E-state index contributed by atoms with van der Waals surface area (Å²) in [5, 5.41) is 15.5. The lowest BCUT2D eigenvalue weighted by atomic mass is 9.49. The Morgan fingerprint density at radius 2 is 1.52 bits per heavy atom. The van der Waals surface area contributed by atoms with E-state index in [0.29, 0.717) is 46.6 Å². The molecule has 1 atom stereocenters. The second-order valence-corrected chi connectivity index (χ2v) is 17.7. The smallest absolute Gasteiger partial charge is 0.262 e. The van der Waals surface area contributed by atoms with E-state index in [1.807, 2.05) is 35.2 Å². The summed E-state index contributed by atoms with van der Waals surface area (Å²) in [6, 6.07) is 19.8. The summed E-state index contributed by atoms with van der Waals surface area (Å²) >= 11 is 6.27. The summed E-state index contributed by atoms with van der Waals surface area (Å²) in [5.74, 6) is -1.35. The van der Waals surface area contributed by atoms with Crippen LogP contribution in [0.2, 0.25) is 5.02 Å². The third kappa shape index (κ3) is 6.96. The van der Waals surface area contributed by atoms with E-state index in [1.165, 1.54) is 0 Å². The van der Waals surface area contributed by atoms with E-state index >= 15 is 0 Å². The maximum absolute atomic E-state index is 13.6. The highest BCUT2D eigenvalue weighted by molar-refractivity contribution is 6.31. The molecular weight excluding hydrogens is 758 g/mol. The summed E-state index contributed by atoms with van der Waals surface area (Å²) < 4.78 is 6.43. The lowest BCUT2D eigenvalue weighted by molar-refractivity contribution is -0.147. The van der Waals surface area contributed by atoms with Gasteiger partial charge in [0.25, 0.3) is 17.7 Å². The first-order chi connectivity index (χ1) is 27.7. The van der Waals surface area contributed by atoms with Crippen molar-refractivity contribution in [1.82, 2.24) is 20.0 Å². The largest absolute Gasteiger partial charge is 0.489 e. The van der Waals surface area contributed by atoms with Gasteiger partial charge in [0, 0.05) is 91.6 Å². The normalized spacial score (nSPS) is 24.5. The van der Waals surface area contributed by atoms with Gasteiger partial charge in [-0.2, -0.15) is 5.26 Å². The molecule has 1 aliphatic carbocycles. The highest BCUT2D eigenvalue weighted by atomic mass is 35.5. The van der Waals surface area contributed by atoms with Crippen LogP contribution in [0.3, 0.4) is 0 Å². The van der Waals surface area contributed by atoms with Crippen LogP contribution in [0, 0.1) is 22.2 Å². The summed E-state index contributed by atoms with van der Waals surface area (Å²) in [5.41, 5.74) is 3.01. The van der Waals surface area contributed by atoms with Crippen LogP contribution >= 0.6 is 11.6 Å². The number of carbonyl (C=O) groups excluding carboxylic acids is 5. The molecule has 3 saturated heterocycles. The number of benzene rings is 3. The van der Waals surface area contributed by atoms with Crippen molar-refractivity contribution in [2.75, 3.05) is 49.5 Å². The molecule has 4 heterocycles. The second kappa shape index (κ2) is 15.1. The van der Waals surface area contributed by atoms with E-state index in [2.05, 4.69) is 54.2 Å². The van der Waals surface area contributed by atoms with Crippen LogP contribution in [0.4, 0.5) is 11.4 Å². The average molecular weight is 806 g/mol. The first-order valence-electron chi connectivity index (χ1n) is 20.0. The minimum absolute atomic E-state index is 0.0284. The fourth-order valence-corrected chi connectivity index (χ4v) is 10.3. The number of rotatable bonds is 8. The van der Waals surface area contributed by atoms with Crippen LogP contribution in [0.5, 0.6) is 5.75 Å². The first-order valence-corrected chi connectivity index (χ1v) is 20.4. The molecule has 3 aromatic rings. The first kappa shape index (κ1) is 39.4. The van der Waals surface area contributed by atoms with Crippen LogP contribution in [0.25, 0.3) is 0 Å². The molecule has 4 fully saturated rings. The number of halogens is 1. The topological polar surface area (TPSA) is 155 Å². The fraction of sp³-hybridized carbons (Fsp3) is 0.455. The van der Waals surface area contributed by atoms with Crippen molar-refractivity contribution in [3.8, 4) is 11.8 Å². The van der Waals surface area contributed by atoms with E-state index < -0.39 is 29.7 Å². The van der Waals surface area contributed by atoms with Crippen molar-refractivity contribution in [3.05, 3.63) is 87.9 Å². The number of piperidine rings is 2. The Hall–Kier alpha value is -5.45. The van der Waals surface area contributed by atoms with Gasteiger partial charge in [0.2, 0.25) is 11.8 Å². The maximum Gasteiger partial charge on any atom is 0.262 e. The van der Waals surface area contributed by atoms with Crippen molar-refractivity contribution in [2.24, 2.45) is 10.8 Å². The molecule has 5 amide bonds. The number of nitrogens with one attached hydrogen (secondary N) is 2. The Labute approximate surface area is 343 Å². The zero-order chi connectivity index (χ0) is 41.1. The number of hydrogen-bond donors (Lipinski definition) is 2. The van der Waals surface area contributed by atoms with E-state index in [0.717, 1.165) is 55.3 Å². The molecule has 0 bridgehead atoms. The lowest BCUT2D eigenvalue weighted by Gasteiger charge is -2.63. The van der Waals surface area contributed by atoms with Gasteiger partial charge in [0.15, 0.2) is 0 Å². The molecule has 1 unspecified atom stereocenters. The lowest BCUT2D eigenvalue weighted by Crippen LogP contribution is -2.72. The average Bonchev–Trinajstić information content (AvgIpc) is 3.46. The van der Waals surface area contributed by atoms with Gasteiger partial charge in [-0.05, 0) is 73.9 Å². The second-order valence-electron chi connectivity index (χ2n) is 17.3. The molecule has 13 nitrogen and oxygen atoms in total. The zero-order valence-electron chi connectivity index (χ0n) is 33.2. The molecule has 0 radical (unpaired) electrons. The highest BCUT2D eigenvalue weighted by Gasteiger charge is 2.63. The summed E-state index contributed by atoms with van der Waals surface area (Å²) in [6.07, 6.45) is 1.97. The molecular formula is C44H48ClN7O6. The number of amides is 5. The summed E-state index contributed by atoms with van der Waals surface area (Å²) in [4.78, 5) is 71.8. The minimum Gasteiger partial charge on any atom is -0.489 e. The SMILES string of the molecule is CC1(C)[C@H](Nc2ccc(C(=O)N3CCN(C4CCN(c5ccc6c(c5)C(=O)N(C5CCC(=O)NC5=O)C6=O)CC4)CC3)cc2)C(C)(C)[C@H]1Oc1ccc(C#N)c(Cl)c1. The molecule has 3 aromatic carbocycles. The monoisotopic (exact) mass is 805 g/mol. The van der Waals surface area contributed by atoms with E-state index in [4.69, 9.17) is 16.3 Å². The predicted molar refractivity (Wildman–Crippen MR) is 218 cm³/mol. The number of anilines is 2. The van der Waals surface area contributed by atoms with Crippen LogP contribution in [-0.2, 0) is 9.59 Å². The molecule has 5 aliphatic rings. The molecule has 2 N–H and O–H groups in total. The van der Waals surface area contributed by atoms with Crippen molar-refractivity contribution in [1.29, 1.82) is 5.26 Å². The van der Waals surface area contributed by atoms with Crippen LogP contribution in [-0.4, -0.2) is 108 Å². The van der Waals surface area contributed by atoms with Crippen molar-refractivity contribution in [2.45, 2.75) is 77.6 Å². The van der Waals surface area contributed by atoms with Gasteiger partial charge in [-0.1, -0.05) is 39.3 Å². The van der Waals surface area contributed by atoms with Gasteiger partial charge in [-0.3, -0.25) is 39.1 Å². The number of ether oxygens (including phenoxy) is 1. The molecule has 0 spiro atoms. The third-order valence-electron chi connectivity index (χ3n) is 13.0. The van der Waals surface area contributed by atoms with Gasteiger partial charge in [-0.25, -0.2) is 0 Å². The Morgan fingerprint density at radius 1 is 0.845 bits per heavy atom. The van der Waals surface area contributed by atoms with Crippen molar-refractivity contribution in [3.63, 3.8) is 0 Å². The molecule has 58 heavy (non-hydrogen) atoms. The number of fused-ring (bicyclic) bond motifs is 1. The fourth-order valence-electron chi connectivity index (χ4n) is 10.1. The number of piperazine rings is 1. The zero-order valence-corrected chi connectivity index (χ0v) is 34.0. The van der Waals surface area contributed by atoms with Gasteiger partial charge in [-0.15, -0.1) is 0 Å². The van der Waals surface area contributed by atoms with Crippen LogP contribution in [0.1, 0.15) is 90.0 Å². The molecule has 4 aliphatic heterocycles. The third-order valence-corrected chi connectivity index (χ3v) is 13.3. The standard InChI is InChI=1S/C44H48ClN7O6/c1-43(2)41(44(3,4)42(43)58-31-11-7-27(25-46)34(45)24-31)47-28-8-5-26(6-9-28)38(55)51-21-19-50(20-22-51)29-15-17-49(18-16-29)30-10-12-32-33(23-30)40(57)52(39(32)56)35-13-14-36(53)48-37(35)54/h5-12,23-24,29,35,41-42,47H,13-22H2,1-4H3,(H,48,53,54)/t35?,41-,42-. The van der Waals surface area contributed by atoms with Gasteiger partial charge < -0.3 is 19.9 Å². The number of carbonyl (C=O) groups is 5. The molecule has 0 aromatic heterocycles. The highest BCUT2D eigenvalue weighted by Crippen LogP contribution is 2.56. The number of nitrogens with zero attached hydrogens (tertiary/aromatic N) is 5. The summed E-state index contributed by atoms with van der Waals surface area (Å²) in [6.45, 7) is 13.2. The number of imide groups is 2. The Balaban J connectivity index is 0.811. The minimum atomic E-state index is -0.985. The quantitative estimate of drug-likeness (QED) is 0.286. The molecule has 302 valence electrons. The van der Waals surface area contributed by atoms with Crippen molar-refractivity contribution >= 4 is 52.5 Å². The molecule has 14 heteroatoms. The number of hydrogen-bond acceptors (Lipinski definition) is 10. The van der Waals surface area contributed by atoms with E-state index in [9.17, 15) is 29.2 Å². The van der Waals surface area contributed by atoms with E-state index in [-0.39, 0.29) is 47.3 Å². The predicted octanol–water partition coefficient (Wildman–Crippen LogP) is 5.33. The van der Waals surface area contributed by atoms with Crippen LogP contribution < -0.4 is 20.3 Å². The Kier molecular flexibility index (Phi) is 10.2. The van der Waals surface area contributed by atoms with Crippen LogP contribution in [0.15, 0.2) is 60.7 Å². The summed E-state index contributed by atoms with van der Waals surface area (Å²) in [7, 11) is 0. The molecule has 8 rings (SSSR count). The van der Waals surface area contributed by atoms with Gasteiger partial charge >= 0.3 is 0 Å². The van der Waals surface area contributed by atoms with Gasteiger partial charge in [0.05, 0.1) is 21.7 Å². The Bertz CT molecular complexity index is 2200. The Morgan fingerprint density at radius 3 is 2.16 bits per heavy atom. The molecule has 1 saturated carbocycles.